The van der Waals surface area contributed by atoms with Gasteiger partial charge in [0, 0.05) is 71.5 Å². The van der Waals surface area contributed by atoms with Crippen LogP contribution in [0, 0.1) is 11.8 Å². The van der Waals surface area contributed by atoms with Crippen molar-refractivity contribution in [1.82, 2.24) is 44.9 Å². The maximum Gasteiger partial charge on any atom is 0.164 e. The van der Waals surface area contributed by atoms with Crippen molar-refractivity contribution in [1.29, 1.82) is 0 Å². The Balaban J connectivity index is 0.000000107. The minimum Gasteiger partial charge on any atom is -0.456 e. The highest BCUT2D eigenvalue weighted by Gasteiger charge is 2.60. The van der Waals surface area contributed by atoms with Crippen molar-refractivity contribution in [3.8, 4) is 124 Å². The number of furan rings is 2. The zero-order valence-electron chi connectivity index (χ0n) is 75.4. The second kappa shape index (κ2) is 33.9. The molecular formula is C127H87N9O2. The predicted molar refractivity (Wildman–Crippen MR) is 563 cm³/mol. The minimum atomic E-state index is -0.0674. The lowest BCUT2D eigenvalue weighted by Crippen LogP contribution is -2.56. The maximum absolute atomic E-state index is 6.23. The molecule has 0 radical (unpaired) electrons. The summed E-state index contributed by atoms with van der Waals surface area (Å²) in [5.74, 6) is 7.65. The molecule has 11 heteroatoms. The molecule has 4 bridgehead atoms. The molecule has 4 saturated carbocycles. The van der Waals surface area contributed by atoms with E-state index in [1.165, 1.54) is 103 Å². The number of nitrogens with zero attached hydrogens (tertiary/aromatic N) is 9. The van der Waals surface area contributed by atoms with Crippen LogP contribution in [0.5, 0.6) is 0 Å². The van der Waals surface area contributed by atoms with E-state index in [-0.39, 0.29) is 10.8 Å². The van der Waals surface area contributed by atoms with Crippen LogP contribution in [-0.4, -0.2) is 44.9 Å². The minimum absolute atomic E-state index is 0.0674. The van der Waals surface area contributed by atoms with E-state index in [1.54, 1.807) is 5.56 Å². The molecular weight excluding hydrogens is 1680 g/mol. The third-order valence-corrected chi connectivity index (χ3v) is 28.8. The zero-order valence-corrected chi connectivity index (χ0v) is 75.4. The average molecular weight is 1770 g/mol. The van der Waals surface area contributed by atoms with Gasteiger partial charge in [0.05, 0.1) is 0 Å². The molecule has 29 rings (SSSR count). The van der Waals surface area contributed by atoms with Crippen molar-refractivity contribution >= 4 is 109 Å². The molecule has 0 saturated heterocycles. The zero-order chi connectivity index (χ0) is 91.2. The largest absolute Gasteiger partial charge is 0.456 e. The molecule has 4 aliphatic carbocycles. The topological polar surface area (TPSA) is 142 Å². The summed E-state index contributed by atoms with van der Waals surface area (Å²) in [4.78, 5) is 46.7. The van der Waals surface area contributed by atoms with E-state index in [0.29, 0.717) is 46.8 Å². The summed E-state index contributed by atoms with van der Waals surface area (Å²) in [5, 5.41) is 19.0. The highest BCUT2D eigenvalue weighted by atomic mass is 16.3. The summed E-state index contributed by atoms with van der Waals surface area (Å²) < 4.78 is 12.4. The van der Waals surface area contributed by atoms with Crippen molar-refractivity contribution < 1.29 is 8.83 Å². The van der Waals surface area contributed by atoms with Gasteiger partial charge in [-0.1, -0.05) is 388 Å². The monoisotopic (exact) mass is 1770 g/mol. The van der Waals surface area contributed by atoms with Gasteiger partial charge in [0.25, 0.3) is 0 Å². The Hall–Kier alpha value is -17.4. The first-order valence-electron chi connectivity index (χ1n) is 47.6. The second-order valence-corrected chi connectivity index (χ2v) is 37.3. The molecule has 4 aliphatic rings. The van der Waals surface area contributed by atoms with Crippen LogP contribution in [0.4, 0.5) is 0 Å². The van der Waals surface area contributed by atoms with Crippen molar-refractivity contribution in [3.63, 3.8) is 0 Å². The fourth-order valence-electron chi connectivity index (χ4n) is 23.0. The number of hydrogen-bond acceptors (Lipinski definition) is 11. The SMILES string of the molecule is c1ccc(-c2ccc(-c3nc(-c4ccccc4)nc(C45CC6CC(C4)CC(c4cc7ccccc7c7ccccc47)(C6)C5)n3)cc2)cc1.c1ccc(-c2ccc3c(c2)c(-c2nc(-c4ccccc4)nc(-c4cccc5oc6ccccc6c45)n2)cc2ccccc23)cc1.c1ccc(-c2nc(-c3ccc4c(c3)c(-c3ccccc3)cc3ccccc34)nc(-c3cccc4oc5ccccc5c34)n2)cc1. The molecule has 5 heterocycles. The smallest absolute Gasteiger partial charge is 0.164 e. The first kappa shape index (κ1) is 81.4. The number of rotatable bonds is 13. The summed E-state index contributed by atoms with van der Waals surface area (Å²) in [6, 6.07) is 155. The summed E-state index contributed by atoms with van der Waals surface area (Å²) >= 11 is 0. The Morgan fingerprint density at radius 2 is 0.500 bits per heavy atom. The average Bonchev–Trinajstić information content (AvgIpc) is 0.993. The molecule has 652 valence electrons. The third kappa shape index (κ3) is 14.6. The number of fused-ring (bicyclic) bond motifs is 15. The summed E-state index contributed by atoms with van der Waals surface area (Å²) in [6.07, 6.45) is 7.29. The van der Waals surface area contributed by atoms with Gasteiger partial charge in [0.15, 0.2) is 46.6 Å². The number of benzene rings is 20. The molecule has 2 unspecified atom stereocenters. The first-order valence-corrected chi connectivity index (χ1v) is 47.6. The van der Waals surface area contributed by atoms with E-state index >= 15 is 0 Å². The molecule has 0 spiro atoms. The highest BCUT2D eigenvalue weighted by Crippen LogP contribution is 2.67. The van der Waals surface area contributed by atoms with Crippen LogP contribution >= 0.6 is 0 Å². The van der Waals surface area contributed by atoms with Gasteiger partial charge in [-0.25, -0.2) is 44.9 Å². The Morgan fingerprint density at radius 3 is 1.00 bits per heavy atom. The maximum atomic E-state index is 6.23. The van der Waals surface area contributed by atoms with Gasteiger partial charge in [-0.3, -0.25) is 0 Å². The van der Waals surface area contributed by atoms with Crippen LogP contribution in [0.3, 0.4) is 0 Å². The van der Waals surface area contributed by atoms with E-state index in [0.717, 1.165) is 139 Å². The first-order chi connectivity index (χ1) is 68.2. The molecule has 25 aromatic rings. The molecule has 0 N–H and O–H groups in total. The van der Waals surface area contributed by atoms with Crippen LogP contribution in [0.15, 0.2) is 452 Å². The van der Waals surface area contributed by atoms with Gasteiger partial charge in [0.2, 0.25) is 0 Å². The van der Waals surface area contributed by atoms with E-state index in [2.05, 4.69) is 315 Å². The lowest BCUT2D eigenvalue weighted by molar-refractivity contribution is -0.0312. The normalized spacial score (nSPS) is 16.0. The number of aromatic nitrogens is 9. The molecule has 0 aliphatic heterocycles. The molecule has 11 nitrogen and oxygen atoms in total. The van der Waals surface area contributed by atoms with E-state index < -0.39 is 0 Å². The van der Waals surface area contributed by atoms with Crippen LogP contribution in [-0.2, 0) is 10.8 Å². The van der Waals surface area contributed by atoms with Crippen molar-refractivity contribution in [2.75, 3.05) is 0 Å². The highest BCUT2D eigenvalue weighted by molar-refractivity contribution is 6.18. The molecule has 138 heavy (non-hydrogen) atoms. The van der Waals surface area contributed by atoms with Crippen molar-refractivity contribution in [2.45, 2.75) is 49.4 Å². The predicted octanol–water partition coefficient (Wildman–Crippen LogP) is 32.5. The number of para-hydroxylation sites is 2. The summed E-state index contributed by atoms with van der Waals surface area (Å²) in [6.45, 7) is 0. The Morgan fingerprint density at radius 1 is 0.188 bits per heavy atom. The van der Waals surface area contributed by atoms with Gasteiger partial charge in [-0.15, -0.1) is 0 Å². The molecule has 2 atom stereocenters. The van der Waals surface area contributed by atoms with E-state index in [4.69, 9.17) is 53.7 Å². The second-order valence-electron chi connectivity index (χ2n) is 37.3. The fourth-order valence-corrected chi connectivity index (χ4v) is 23.0. The lowest BCUT2D eigenvalue weighted by atomic mass is 9.42. The van der Waals surface area contributed by atoms with Crippen molar-refractivity contribution in [3.05, 3.63) is 454 Å². The van der Waals surface area contributed by atoms with Gasteiger partial charge >= 0.3 is 0 Å². The van der Waals surface area contributed by atoms with Gasteiger partial charge in [-0.2, -0.15) is 0 Å². The lowest BCUT2D eigenvalue weighted by Gasteiger charge is -2.62. The van der Waals surface area contributed by atoms with Crippen LogP contribution < -0.4 is 0 Å². The van der Waals surface area contributed by atoms with Gasteiger partial charge < -0.3 is 8.83 Å². The van der Waals surface area contributed by atoms with Crippen LogP contribution in [0.25, 0.3) is 233 Å². The van der Waals surface area contributed by atoms with E-state index in [1.807, 2.05) is 127 Å². The fraction of sp³-hybridized carbons (Fsp3) is 0.0787. The molecule has 20 aromatic carbocycles. The van der Waals surface area contributed by atoms with Crippen LogP contribution in [0.2, 0.25) is 0 Å². The van der Waals surface area contributed by atoms with Gasteiger partial charge in [-0.05, 0) is 214 Å². The van der Waals surface area contributed by atoms with Crippen molar-refractivity contribution in [2.24, 2.45) is 11.8 Å². The van der Waals surface area contributed by atoms with Gasteiger partial charge in [0.1, 0.15) is 28.2 Å². The number of hydrogen-bond donors (Lipinski definition) is 0. The molecule has 5 aromatic heterocycles. The van der Waals surface area contributed by atoms with Crippen LogP contribution in [0.1, 0.15) is 49.9 Å². The van der Waals surface area contributed by atoms with E-state index in [9.17, 15) is 0 Å². The molecule has 4 fully saturated rings. The Labute approximate surface area is 796 Å². The summed E-state index contributed by atoms with van der Waals surface area (Å²) in [5.41, 5.74) is 19.6. The third-order valence-electron chi connectivity index (χ3n) is 28.8. The molecule has 0 amide bonds. The Bertz CT molecular complexity index is 9030. The standard InChI is InChI=1S/C45H37N3.2C41H25N3O/c1-3-11-32(12-4-1)33-19-21-35(22-20-33)42-46-41(34-13-5-2-6-14-34)47-43(48-42)45-27-30-23-31(28-45)26-44(25-30,29-45)40-24-36-15-7-8-16-37(36)38-17-9-10-18-39(38)40;1-3-12-26(13-4-1)28-22-23-31-30-17-8-7-16-29(30)25-35(34(31)24-28)41-43-39(27-14-5-2-6-15-27)42-40(44-41)33-19-11-21-37-38(33)32-18-9-10-20-36(32)45-37;1-3-12-26(13-4-1)34-24-28-16-7-8-17-30(28)31-23-22-29(25-35(31)34)40-42-39(27-14-5-2-6-15-27)43-41(44-40)33-19-11-21-37-38(33)32-18-9-10-20-36(32)45-37/h1-22,24,30-31H,23,25-29H2;2*1-25H. The quantitative estimate of drug-likeness (QED) is 0.102. The Kier molecular flexibility index (Phi) is 20.0. The summed E-state index contributed by atoms with van der Waals surface area (Å²) in [7, 11) is 0.